The topological polar surface area (TPSA) is 87.7 Å². The third kappa shape index (κ3) is 6.07. The van der Waals surface area contributed by atoms with Crippen molar-refractivity contribution in [2.24, 2.45) is 5.92 Å². The Morgan fingerprint density at radius 2 is 1.78 bits per heavy atom. The molecule has 3 atom stereocenters. The molecule has 172 valence electrons. The van der Waals surface area contributed by atoms with Gasteiger partial charge in [0.2, 0.25) is 11.8 Å². The van der Waals surface area contributed by atoms with Gasteiger partial charge in [-0.05, 0) is 35.1 Å². The third-order valence-corrected chi connectivity index (χ3v) is 5.77. The number of carbonyl (C=O) groups excluding carboxylic acids is 3. The van der Waals surface area contributed by atoms with E-state index < -0.39 is 12.1 Å². The molecule has 0 saturated carbocycles. The van der Waals surface area contributed by atoms with Crippen molar-refractivity contribution in [2.45, 2.75) is 51.4 Å². The highest BCUT2D eigenvalue weighted by atomic mass is 16.5. The molecule has 3 unspecified atom stereocenters. The number of fused-ring (bicyclic) bond motifs is 1. The van der Waals surface area contributed by atoms with Crippen molar-refractivity contribution in [2.75, 3.05) is 20.6 Å². The van der Waals surface area contributed by atoms with Gasteiger partial charge in [-0.25, -0.2) is 0 Å². The van der Waals surface area contributed by atoms with Crippen molar-refractivity contribution < 1.29 is 19.1 Å². The smallest absolute Gasteiger partial charge is 0.251 e. The summed E-state index contributed by atoms with van der Waals surface area (Å²) in [6.07, 6.45) is 0.920. The van der Waals surface area contributed by atoms with Gasteiger partial charge in [0.1, 0.15) is 12.1 Å². The summed E-state index contributed by atoms with van der Waals surface area (Å²) in [6.45, 7) is 4.12. The Hall–Kier alpha value is -2.93. The number of nitrogens with one attached hydrogen (secondary N) is 2. The lowest BCUT2D eigenvalue weighted by molar-refractivity contribution is -0.140. The molecule has 1 aliphatic rings. The van der Waals surface area contributed by atoms with Crippen LogP contribution in [0.15, 0.2) is 42.5 Å². The van der Waals surface area contributed by atoms with E-state index in [0.717, 1.165) is 16.3 Å². The first-order chi connectivity index (χ1) is 15.2. The van der Waals surface area contributed by atoms with E-state index >= 15 is 0 Å². The predicted molar refractivity (Wildman–Crippen MR) is 124 cm³/mol. The molecule has 0 bridgehead atoms. The van der Waals surface area contributed by atoms with E-state index in [1.165, 1.54) is 4.90 Å². The maximum atomic E-state index is 12.8. The highest BCUT2D eigenvalue weighted by Gasteiger charge is 2.32. The van der Waals surface area contributed by atoms with Crippen LogP contribution in [0.3, 0.4) is 0 Å². The second-order valence-electron chi connectivity index (χ2n) is 8.95. The number of carbonyl (C=O) groups is 3. The van der Waals surface area contributed by atoms with E-state index in [1.54, 1.807) is 14.1 Å². The number of hydrogen-bond acceptors (Lipinski definition) is 4. The van der Waals surface area contributed by atoms with Crippen LogP contribution in [0.5, 0.6) is 0 Å². The fraction of sp³-hybridized carbons (Fsp3) is 0.480. The summed E-state index contributed by atoms with van der Waals surface area (Å²) in [7, 11) is 3.41. The lowest BCUT2D eigenvalue weighted by Gasteiger charge is -2.23. The normalized spacial score (nSPS) is 19.0. The Morgan fingerprint density at radius 1 is 1.06 bits per heavy atom. The maximum Gasteiger partial charge on any atom is 0.251 e. The van der Waals surface area contributed by atoms with Gasteiger partial charge in [-0.3, -0.25) is 14.4 Å². The SMILES string of the molecule is CC(C)C(NC(=O)Cc1ccc2ccccc2c1)C(=O)NCC1CCC(C(=O)N(C)C)O1. The largest absolute Gasteiger partial charge is 0.363 e. The monoisotopic (exact) mass is 439 g/mol. The van der Waals surface area contributed by atoms with Crippen molar-refractivity contribution >= 4 is 28.5 Å². The van der Waals surface area contributed by atoms with E-state index in [9.17, 15) is 14.4 Å². The van der Waals surface area contributed by atoms with Crippen LogP contribution in [-0.2, 0) is 25.5 Å². The van der Waals surface area contributed by atoms with Gasteiger partial charge in [-0.2, -0.15) is 0 Å². The summed E-state index contributed by atoms with van der Waals surface area (Å²) in [5.41, 5.74) is 0.903. The molecule has 1 fully saturated rings. The van der Waals surface area contributed by atoms with E-state index in [4.69, 9.17) is 4.74 Å². The zero-order valence-corrected chi connectivity index (χ0v) is 19.3. The maximum absolute atomic E-state index is 12.8. The van der Waals surface area contributed by atoms with Crippen molar-refractivity contribution in [1.82, 2.24) is 15.5 Å². The predicted octanol–water partition coefficient (Wildman–Crippen LogP) is 2.28. The van der Waals surface area contributed by atoms with Crippen LogP contribution < -0.4 is 10.6 Å². The average molecular weight is 440 g/mol. The molecule has 3 amide bonds. The number of amides is 3. The second-order valence-corrected chi connectivity index (χ2v) is 8.95. The Morgan fingerprint density at radius 3 is 2.47 bits per heavy atom. The Balaban J connectivity index is 1.52. The summed E-state index contributed by atoms with van der Waals surface area (Å²) in [5.74, 6) is -0.552. The fourth-order valence-corrected chi connectivity index (χ4v) is 3.94. The van der Waals surface area contributed by atoms with Crippen molar-refractivity contribution in [3.63, 3.8) is 0 Å². The minimum absolute atomic E-state index is 0.0557. The van der Waals surface area contributed by atoms with Gasteiger partial charge >= 0.3 is 0 Å². The summed E-state index contributed by atoms with van der Waals surface area (Å²) in [6, 6.07) is 13.3. The Labute approximate surface area is 189 Å². The van der Waals surface area contributed by atoms with Gasteiger partial charge < -0.3 is 20.3 Å². The molecule has 2 aromatic rings. The van der Waals surface area contributed by atoms with E-state index in [2.05, 4.69) is 10.6 Å². The quantitative estimate of drug-likeness (QED) is 0.661. The fourth-order valence-electron chi connectivity index (χ4n) is 3.94. The van der Waals surface area contributed by atoms with Crippen molar-refractivity contribution in [3.05, 3.63) is 48.0 Å². The van der Waals surface area contributed by atoms with Crippen LogP contribution in [0, 0.1) is 5.92 Å². The van der Waals surface area contributed by atoms with Gasteiger partial charge in [-0.1, -0.05) is 56.3 Å². The van der Waals surface area contributed by atoms with Gasteiger partial charge in [0.15, 0.2) is 0 Å². The molecule has 1 heterocycles. The molecule has 0 spiro atoms. The highest BCUT2D eigenvalue weighted by Crippen LogP contribution is 2.20. The van der Waals surface area contributed by atoms with Gasteiger partial charge in [0.25, 0.3) is 5.91 Å². The van der Waals surface area contributed by atoms with Crippen LogP contribution in [-0.4, -0.2) is 61.5 Å². The van der Waals surface area contributed by atoms with Crippen LogP contribution in [0.2, 0.25) is 0 Å². The van der Waals surface area contributed by atoms with Crippen molar-refractivity contribution in [1.29, 1.82) is 0 Å². The summed E-state index contributed by atoms with van der Waals surface area (Å²) < 4.78 is 5.78. The minimum Gasteiger partial charge on any atom is -0.363 e. The summed E-state index contributed by atoms with van der Waals surface area (Å²) in [5, 5.41) is 7.97. The summed E-state index contributed by atoms with van der Waals surface area (Å²) in [4.78, 5) is 39.0. The number of hydrogen-bond donors (Lipinski definition) is 2. The van der Waals surface area contributed by atoms with Gasteiger partial charge in [-0.15, -0.1) is 0 Å². The molecule has 7 nitrogen and oxygen atoms in total. The van der Waals surface area contributed by atoms with Gasteiger partial charge in [0.05, 0.1) is 12.5 Å². The molecular weight excluding hydrogens is 406 g/mol. The second kappa shape index (κ2) is 10.6. The third-order valence-electron chi connectivity index (χ3n) is 5.77. The lowest BCUT2D eigenvalue weighted by Crippen LogP contribution is -2.51. The Bertz CT molecular complexity index is 973. The number of rotatable bonds is 8. The highest BCUT2D eigenvalue weighted by molar-refractivity contribution is 5.89. The van der Waals surface area contributed by atoms with Crippen LogP contribution in [0.4, 0.5) is 0 Å². The first kappa shape index (κ1) is 23.7. The molecule has 3 rings (SSSR count). The van der Waals surface area contributed by atoms with Gasteiger partial charge in [0, 0.05) is 20.6 Å². The first-order valence-corrected chi connectivity index (χ1v) is 11.2. The molecular formula is C25H33N3O4. The lowest BCUT2D eigenvalue weighted by atomic mass is 10.0. The molecule has 0 aliphatic carbocycles. The molecule has 7 heteroatoms. The van der Waals surface area contributed by atoms with E-state index in [1.807, 2.05) is 56.3 Å². The van der Waals surface area contributed by atoms with Crippen LogP contribution in [0.1, 0.15) is 32.3 Å². The van der Waals surface area contributed by atoms with Crippen molar-refractivity contribution in [3.8, 4) is 0 Å². The molecule has 2 aromatic carbocycles. The Kier molecular flexibility index (Phi) is 7.85. The van der Waals surface area contributed by atoms with E-state index in [-0.39, 0.29) is 36.2 Å². The number of benzene rings is 2. The minimum atomic E-state index is -0.636. The standard InChI is InChI=1S/C25H33N3O4/c1-16(2)23(24(30)26-15-20-11-12-21(32-20)25(31)28(3)4)27-22(29)14-17-9-10-18-7-5-6-8-19(18)13-17/h5-10,13,16,20-21,23H,11-12,14-15H2,1-4H3,(H,26,30)(H,27,29). The van der Waals surface area contributed by atoms with Crippen LogP contribution in [0.25, 0.3) is 10.8 Å². The average Bonchev–Trinajstić information content (AvgIpc) is 3.24. The number of ether oxygens (including phenoxy) is 1. The summed E-state index contributed by atoms with van der Waals surface area (Å²) >= 11 is 0. The molecule has 0 aromatic heterocycles. The number of likely N-dealkylation sites (N-methyl/N-ethyl adjacent to an activating group) is 1. The molecule has 32 heavy (non-hydrogen) atoms. The zero-order chi connectivity index (χ0) is 23.3. The van der Waals surface area contributed by atoms with E-state index in [0.29, 0.717) is 19.4 Å². The zero-order valence-electron chi connectivity index (χ0n) is 19.3. The first-order valence-electron chi connectivity index (χ1n) is 11.2. The van der Waals surface area contributed by atoms with Crippen LogP contribution >= 0.6 is 0 Å². The number of nitrogens with zero attached hydrogens (tertiary/aromatic N) is 1. The molecule has 1 aliphatic heterocycles. The molecule has 0 radical (unpaired) electrons. The molecule has 2 N–H and O–H groups in total. The molecule has 1 saturated heterocycles.